The van der Waals surface area contributed by atoms with E-state index in [1.54, 1.807) is 7.11 Å². The zero-order valence-corrected chi connectivity index (χ0v) is 15.4. The van der Waals surface area contributed by atoms with E-state index >= 15 is 0 Å². The minimum atomic E-state index is 0.249. The number of hydrogen-bond acceptors (Lipinski definition) is 4. The molecule has 0 bridgehead atoms. The molecule has 2 heterocycles. The van der Waals surface area contributed by atoms with Gasteiger partial charge in [0.05, 0.1) is 19.0 Å². The highest BCUT2D eigenvalue weighted by atomic mass is 32.1. The summed E-state index contributed by atoms with van der Waals surface area (Å²) in [7, 11) is 1.68. The summed E-state index contributed by atoms with van der Waals surface area (Å²) in [6.07, 6.45) is 1.96. The van der Waals surface area contributed by atoms with E-state index in [2.05, 4.69) is 43.3 Å². The van der Waals surface area contributed by atoms with E-state index in [9.17, 15) is 0 Å². The van der Waals surface area contributed by atoms with Crippen LogP contribution >= 0.6 is 11.3 Å². The van der Waals surface area contributed by atoms with E-state index in [0.717, 1.165) is 23.7 Å². The normalized spacial score (nSPS) is 12.3. The fourth-order valence-corrected chi connectivity index (χ4v) is 3.62. The number of hydrogen-bond donors (Lipinski definition) is 1. The summed E-state index contributed by atoms with van der Waals surface area (Å²) < 4.78 is 7.19. The average Bonchev–Trinajstić information content (AvgIpc) is 3.18. The maximum Gasteiger partial charge on any atom is 0.119 e. The molecule has 4 nitrogen and oxygen atoms in total. The van der Waals surface area contributed by atoms with Gasteiger partial charge in [-0.3, -0.25) is 0 Å². The van der Waals surface area contributed by atoms with Crippen molar-refractivity contribution in [1.82, 2.24) is 15.1 Å². The van der Waals surface area contributed by atoms with Crippen molar-refractivity contribution in [3.8, 4) is 11.4 Å². The molecular weight excluding hydrogens is 318 g/mol. The molecule has 0 aliphatic heterocycles. The Morgan fingerprint density at radius 2 is 1.92 bits per heavy atom. The molecule has 1 N–H and O–H groups in total. The highest BCUT2D eigenvalue weighted by Gasteiger charge is 2.14. The van der Waals surface area contributed by atoms with E-state index in [1.165, 1.54) is 15.3 Å². The SMILES string of the molecule is COc1ccc(-n2ncc([C@H](C)NCc3ccc(C)s3)c2C)cc1. The largest absolute Gasteiger partial charge is 0.497 e. The number of ether oxygens (including phenoxy) is 1. The maximum absolute atomic E-state index is 5.22. The summed E-state index contributed by atoms with van der Waals surface area (Å²) in [5, 5.41) is 8.15. The molecule has 2 aromatic heterocycles. The fourth-order valence-electron chi connectivity index (χ4n) is 2.77. The molecule has 3 rings (SSSR count). The zero-order chi connectivity index (χ0) is 17.1. The van der Waals surface area contributed by atoms with E-state index < -0.39 is 0 Å². The third-order valence-electron chi connectivity index (χ3n) is 4.21. The van der Waals surface area contributed by atoms with Gasteiger partial charge in [0.1, 0.15) is 5.75 Å². The molecule has 0 fully saturated rings. The highest BCUT2D eigenvalue weighted by molar-refractivity contribution is 7.11. The van der Waals surface area contributed by atoms with Crippen molar-refractivity contribution in [2.75, 3.05) is 7.11 Å². The van der Waals surface area contributed by atoms with Gasteiger partial charge >= 0.3 is 0 Å². The van der Waals surface area contributed by atoms with Gasteiger partial charge < -0.3 is 10.1 Å². The smallest absolute Gasteiger partial charge is 0.119 e. The van der Waals surface area contributed by atoms with Crippen LogP contribution in [0.5, 0.6) is 5.75 Å². The molecule has 0 unspecified atom stereocenters. The quantitative estimate of drug-likeness (QED) is 0.722. The second kappa shape index (κ2) is 7.20. The van der Waals surface area contributed by atoms with E-state index in [4.69, 9.17) is 4.74 Å². The van der Waals surface area contributed by atoms with Crippen LogP contribution in [0.25, 0.3) is 5.69 Å². The molecule has 0 saturated carbocycles. The first-order valence-electron chi connectivity index (χ1n) is 8.06. The number of benzene rings is 1. The zero-order valence-electron chi connectivity index (χ0n) is 14.5. The molecule has 0 radical (unpaired) electrons. The standard InChI is InChI=1S/C19H23N3OS/c1-13-5-10-18(24-13)11-20-14(2)19-12-21-22(15(19)3)16-6-8-17(23-4)9-7-16/h5-10,12,14,20H,11H2,1-4H3/t14-/m0/s1. The Labute approximate surface area is 147 Å². The predicted octanol–water partition coefficient (Wildman–Crippen LogP) is 4.41. The summed E-state index contributed by atoms with van der Waals surface area (Å²) in [5.41, 5.74) is 3.42. The lowest BCUT2D eigenvalue weighted by molar-refractivity contribution is 0.414. The molecule has 0 amide bonds. The van der Waals surface area contributed by atoms with Gasteiger partial charge in [0.2, 0.25) is 0 Å². The molecule has 1 aromatic carbocycles. The lowest BCUT2D eigenvalue weighted by Gasteiger charge is -2.13. The summed E-state index contributed by atoms with van der Waals surface area (Å²) in [6.45, 7) is 7.32. The molecule has 0 spiro atoms. The second-order valence-electron chi connectivity index (χ2n) is 5.91. The van der Waals surface area contributed by atoms with Crippen LogP contribution in [0.2, 0.25) is 0 Å². The van der Waals surface area contributed by atoms with E-state index in [-0.39, 0.29) is 6.04 Å². The number of thiophene rings is 1. The average molecular weight is 341 g/mol. The predicted molar refractivity (Wildman–Crippen MR) is 99.2 cm³/mol. The second-order valence-corrected chi connectivity index (χ2v) is 7.28. The highest BCUT2D eigenvalue weighted by Crippen LogP contribution is 2.23. The van der Waals surface area contributed by atoms with Crippen LogP contribution in [-0.4, -0.2) is 16.9 Å². The van der Waals surface area contributed by atoms with Crippen LogP contribution in [0.3, 0.4) is 0 Å². The topological polar surface area (TPSA) is 39.1 Å². The van der Waals surface area contributed by atoms with Crippen LogP contribution in [0.15, 0.2) is 42.6 Å². The molecule has 0 aliphatic rings. The number of nitrogens with one attached hydrogen (secondary N) is 1. The lowest BCUT2D eigenvalue weighted by atomic mass is 10.1. The Morgan fingerprint density at radius 1 is 1.17 bits per heavy atom. The van der Waals surface area contributed by atoms with Crippen LogP contribution < -0.4 is 10.1 Å². The van der Waals surface area contributed by atoms with Crippen molar-refractivity contribution in [3.05, 3.63) is 63.6 Å². The van der Waals surface area contributed by atoms with E-state index in [0.29, 0.717) is 0 Å². The number of nitrogens with zero attached hydrogens (tertiary/aromatic N) is 2. The van der Waals surface area contributed by atoms with Gasteiger partial charge in [0.25, 0.3) is 0 Å². The first-order chi connectivity index (χ1) is 11.6. The molecule has 0 aliphatic carbocycles. The van der Waals surface area contributed by atoms with Crippen molar-refractivity contribution in [2.45, 2.75) is 33.4 Å². The Morgan fingerprint density at radius 3 is 2.54 bits per heavy atom. The molecule has 0 saturated heterocycles. The first-order valence-corrected chi connectivity index (χ1v) is 8.88. The monoisotopic (exact) mass is 341 g/mol. The number of aryl methyl sites for hydroxylation is 1. The summed E-state index contributed by atoms with van der Waals surface area (Å²) >= 11 is 1.84. The maximum atomic E-state index is 5.22. The van der Waals surface area contributed by atoms with Crippen LogP contribution in [0.4, 0.5) is 0 Å². The Hall–Kier alpha value is -2.11. The summed E-state index contributed by atoms with van der Waals surface area (Å²) in [5.74, 6) is 0.852. The molecule has 3 aromatic rings. The molecule has 5 heteroatoms. The van der Waals surface area contributed by atoms with Gasteiger partial charge in [-0.05, 0) is 57.2 Å². The van der Waals surface area contributed by atoms with E-state index in [1.807, 2.05) is 46.5 Å². The lowest BCUT2D eigenvalue weighted by Crippen LogP contribution is -2.18. The molecule has 126 valence electrons. The number of methoxy groups -OCH3 is 1. The Balaban J connectivity index is 1.73. The summed E-state index contributed by atoms with van der Waals surface area (Å²) in [4.78, 5) is 2.71. The summed E-state index contributed by atoms with van der Waals surface area (Å²) in [6, 6.07) is 12.6. The Kier molecular flexibility index (Phi) is 5.02. The van der Waals surface area contributed by atoms with Gasteiger partial charge in [-0.25, -0.2) is 4.68 Å². The van der Waals surface area contributed by atoms with Crippen LogP contribution in [0.1, 0.15) is 34.0 Å². The first kappa shape index (κ1) is 16.7. The number of aromatic nitrogens is 2. The minimum absolute atomic E-state index is 0.249. The van der Waals surface area contributed by atoms with Gasteiger partial charge in [0, 0.05) is 33.6 Å². The molecule has 24 heavy (non-hydrogen) atoms. The van der Waals surface area contributed by atoms with Gasteiger partial charge in [0.15, 0.2) is 0 Å². The van der Waals surface area contributed by atoms with Gasteiger partial charge in [-0.1, -0.05) is 0 Å². The Bertz CT molecular complexity index is 804. The van der Waals surface area contributed by atoms with Crippen molar-refractivity contribution < 1.29 is 4.74 Å². The van der Waals surface area contributed by atoms with Crippen molar-refractivity contribution >= 4 is 11.3 Å². The van der Waals surface area contributed by atoms with Crippen molar-refractivity contribution in [3.63, 3.8) is 0 Å². The van der Waals surface area contributed by atoms with Crippen LogP contribution in [0, 0.1) is 13.8 Å². The van der Waals surface area contributed by atoms with Crippen molar-refractivity contribution in [1.29, 1.82) is 0 Å². The van der Waals surface area contributed by atoms with Crippen LogP contribution in [-0.2, 0) is 6.54 Å². The third-order valence-corrected chi connectivity index (χ3v) is 5.21. The molecular formula is C19H23N3OS. The van der Waals surface area contributed by atoms with Crippen molar-refractivity contribution in [2.24, 2.45) is 0 Å². The van der Waals surface area contributed by atoms with Gasteiger partial charge in [-0.2, -0.15) is 5.10 Å². The minimum Gasteiger partial charge on any atom is -0.497 e. The fraction of sp³-hybridized carbons (Fsp3) is 0.316. The molecule has 1 atom stereocenters. The third kappa shape index (κ3) is 3.52. The van der Waals surface area contributed by atoms with Gasteiger partial charge in [-0.15, -0.1) is 11.3 Å². The number of rotatable bonds is 6.